The molecule has 0 spiro atoms. The van der Waals surface area contributed by atoms with E-state index in [-0.39, 0.29) is 5.82 Å². The zero-order chi connectivity index (χ0) is 13.8. The summed E-state index contributed by atoms with van der Waals surface area (Å²) < 4.78 is 18.2. The van der Waals surface area contributed by atoms with Crippen LogP contribution in [0.5, 0.6) is 5.75 Å². The Morgan fingerprint density at radius 2 is 2.00 bits per heavy atom. The van der Waals surface area contributed by atoms with Crippen LogP contribution in [0.1, 0.15) is 5.56 Å². The first-order chi connectivity index (χ1) is 9.13. The topological polar surface area (TPSA) is 71.1 Å². The van der Waals surface area contributed by atoms with E-state index in [1.165, 1.54) is 19.2 Å². The average Bonchev–Trinajstić information content (AvgIpc) is 2.43. The Morgan fingerprint density at radius 1 is 1.21 bits per heavy atom. The molecule has 19 heavy (non-hydrogen) atoms. The van der Waals surface area contributed by atoms with E-state index in [0.29, 0.717) is 28.4 Å². The van der Waals surface area contributed by atoms with E-state index in [1.54, 1.807) is 24.3 Å². The lowest BCUT2D eigenvalue weighted by Crippen LogP contribution is -1.99. The maximum Gasteiger partial charge on any atom is 0.145 e. The predicted octanol–water partition coefficient (Wildman–Crippen LogP) is 3.03. The number of benzene rings is 2. The normalized spacial score (nSPS) is 9.74. The molecule has 3 N–H and O–H groups in total. The number of nitrogens with one attached hydrogen (secondary N) is 1. The van der Waals surface area contributed by atoms with Crippen LogP contribution < -0.4 is 15.8 Å². The van der Waals surface area contributed by atoms with Crippen LogP contribution in [0.4, 0.5) is 21.5 Å². The summed E-state index contributed by atoms with van der Waals surface area (Å²) in [5.74, 6) is -0.0251. The highest BCUT2D eigenvalue weighted by Crippen LogP contribution is 2.31. The summed E-state index contributed by atoms with van der Waals surface area (Å²) in [5, 5.41) is 11.9. The predicted molar refractivity (Wildman–Crippen MR) is 71.8 cm³/mol. The number of nitrogen functional groups attached to an aromatic ring is 1. The number of nitriles is 1. The molecule has 0 unspecified atom stereocenters. The Balaban J connectivity index is 2.39. The molecule has 0 fully saturated rings. The van der Waals surface area contributed by atoms with Crippen molar-refractivity contribution in [3.63, 3.8) is 0 Å². The van der Waals surface area contributed by atoms with Gasteiger partial charge in [-0.1, -0.05) is 0 Å². The Labute approximate surface area is 110 Å². The summed E-state index contributed by atoms with van der Waals surface area (Å²) >= 11 is 0. The monoisotopic (exact) mass is 257 g/mol. The van der Waals surface area contributed by atoms with Crippen LogP contribution in [0.15, 0.2) is 36.4 Å². The molecule has 0 saturated carbocycles. The summed E-state index contributed by atoms with van der Waals surface area (Å²) in [6, 6.07) is 11.1. The second-order valence-corrected chi connectivity index (χ2v) is 3.88. The van der Waals surface area contributed by atoms with Crippen LogP contribution in [0.25, 0.3) is 0 Å². The number of hydrogen-bond acceptors (Lipinski definition) is 4. The smallest absolute Gasteiger partial charge is 0.145 e. The minimum atomic E-state index is -0.388. The maximum absolute atomic E-state index is 13.1. The number of halogens is 1. The molecule has 0 atom stereocenters. The third-order valence-corrected chi connectivity index (χ3v) is 2.62. The van der Waals surface area contributed by atoms with E-state index >= 15 is 0 Å². The molecule has 2 rings (SSSR count). The average molecular weight is 257 g/mol. The van der Waals surface area contributed by atoms with Gasteiger partial charge in [-0.25, -0.2) is 4.39 Å². The van der Waals surface area contributed by atoms with Crippen LogP contribution in [0.2, 0.25) is 0 Å². The van der Waals surface area contributed by atoms with Gasteiger partial charge in [0.15, 0.2) is 0 Å². The minimum Gasteiger partial charge on any atom is -0.494 e. The Kier molecular flexibility index (Phi) is 3.53. The van der Waals surface area contributed by atoms with E-state index in [9.17, 15) is 4.39 Å². The van der Waals surface area contributed by atoms with Crippen molar-refractivity contribution >= 4 is 17.1 Å². The Morgan fingerprint density at radius 3 is 2.68 bits per heavy atom. The van der Waals surface area contributed by atoms with Crippen molar-refractivity contribution in [2.24, 2.45) is 0 Å². The van der Waals surface area contributed by atoms with Crippen molar-refractivity contribution in [1.82, 2.24) is 0 Å². The van der Waals surface area contributed by atoms with E-state index in [4.69, 9.17) is 15.7 Å². The summed E-state index contributed by atoms with van der Waals surface area (Å²) in [5.41, 5.74) is 7.95. The van der Waals surface area contributed by atoms with Crippen LogP contribution in [0, 0.1) is 17.1 Å². The second-order valence-electron chi connectivity index (χ2n) is 3.88. The van der Waals surface area contributed by atoms with Crippen LogP contribution >= 0.6 is 0 Å². The number of nitrogens with zero attached hydrogens (tertiary/aromatic N) is 1. The lowest BCUT2D eigenvalue weighted by atomic mass is 10.1. The molecule has 4 nitrogen and oxygen atoms in total. The standard InChI is InChI=1S/C14H12FN3O/c1-19-14-7-10(15)3-5-12(14)18-13-6-9(8-16)2-4-11(13)17/h2-7,18H,17H2,1H3. The first kappa shape index (κ1) is 12.7. The van der Waals surface area contributed by atoms with Crippen molar-refractivity contribution in [2.75, 3.05) is 18.2 Å². The van der Waals surface area contributed by atoms with Gasteiger partial charge in [0, 0.05) is 6.07 Å². The number of methoxy groups -OCH3 is 1. The van der Waals surface area contributed by atoms with E-state index in [2.05, 4.69) is 5.32 Å². The number of rotatable bonds is 3. The number of ether oxygens (including phenoxy) is 1. The number of hydrogen-bond donors (Lipinski definition) is 2. The summed E-state index contributed by atoms with van der Waals surface area (Å²) in [7, 11) is 1.45. The maximum atomic E-state index is 13.1. The fraction of sp³-hybridized carbons (Fsp3) is 0.0714. The van der Waals surface area contributed by atoms with Gasteiger partial charge in [-0.05, 0) is 30.3 Å². The van der Waals surface area contributed by atoms with Crippen molar-refractivity contribution in [3.05, 3.63) is 47.8 Å². The van der Waals surface area contributed by atoms with Crippen molar-refractivity contribution < 1.29 is 9.13 Å². The third-order valence-electron chi connectivity index (χ3n) is 2.62. The van der Waals surface area contributed by atoms with Gasteiger partial charge in [0.2, 0.25) is 0 Å². The van der Waals surface area contributed by atoms with Crippen LogP contribution in [-0.2, 0) is 0 Å². The van der Waals surface area contributed by atoms with Gasteiger partial charge in [-0.2, -0.15) is 5.26 Å². The molecular weight excluding hydrogens is 245 g/mol. The molecule has 0 radical (unpaired) electrons. The van der Waals surface area contributed by atoms with Gasteiger partial charge >= 0.3 is 0 Å². The third kappa shape index (κ3) is 2.75. The van der Waals surface area contributed by atoms with Crippen molar-refractivity contribution in [2.45, 2.75) is 0 Å². The quantitative estimate of drug-likeness (QED) is 0.829. The lowest BCUT2D eigenvalue weighted by Gasteiger charge is -2.13. The molecule has 0 heterocycles. The highest BCUT2D eigenvalue weighted by atomic mass is 19.1. The first-order valence-corrected chi connectivity index (χ1v) is 5.54. The number of nitrogens with two attached hydrogens (primary N) is 1. The van der Waals surface area contributed by atoms with Crippen molar-refractivity contribution in [1.29, 1.82) is 5.26 Å². The highest BCUT2D eigenvalue weighted by Gasteiger charge is 2.07. The minimum absolute atomic E-state index is 0.363. The molecule has 0 aromatic heterocycles. The van der Waals surface area contributed by atoms with Gasteiger partial charge in [-0.3, -0.25) is 0 Å². The molecule has 2 aromatic carbocycles. The molecule has 96 valence electrons. The second kappa shape index (κ2) is 5.27. The van der Waals surface area contributed by atoms with Gasteiger partial charge in [0.05, 0.1) is 35.8 Å². The largest absolute Gasteiger partial charge is 0.494 e. The molecular formula is C14H12FN3O. The first-order valence-electron chi connectivity index (χ1n) is 5.54. The summed E-state index contributed by atoms with van der Waals surface area (Å²) in [6.45, 7) is 0. The molecule has 0 aliphatic carbocycles. The number of anilines is 3. The zero-order valence-corrected chi connectivity index (χ0v) is 10.3. The summed E-state index contributed by atoms with van der Waals surface area (Å²) in [4.78, 5) is 0. The fourth-order valence-corrected chi connectivity index (χ4v) is 1.65. The van der Waals surface area contributed by atoms with Gasteiger partial charge in [0.1, 0.15) is 11.6 Å². The Bertz CT molecular complexity index is 650. The summed E-state index contributed by atoms with van der Waals surface area (Å²) in [6.07, 6.45) is 0. The molecule has 0 aliphatic rings. The van der Waals surface area contributed by atoms with Gasteiger partial charge < -0.3 is 15.8 Å². The van der Waals surface area contributed by atoms with Gasteiger partial charge in [-0.15, -0.1) is 0 Å². The SMILES string of the molecule is COc1cc(F)ccc1Nc1cc(C#N)ccc1N. The van der Waals surface area contributed by atoms with E-state index < -0.39 is 0 Å². The molecule has 5 heteroatoms. The highest BCUT2D eigenvalue weighted by molar-refractivity contribution is 5.76. The molecule has 0 bridgehead atoms. The zero-order valence-electron chi connectivity index (χ0n) is 10.3. The Hall–Kier alpha value is -2.74. The molecule has 0 saturated heterocycles. The lowest BCUT2D eigenvalue weighted by molar-refractivity contribution is 0.413. The molecule has 0 aliphatic heterocycles. The van der Waals surface area contributed by atoms with Gasteiger partial charge in [0.25, 0.3) is 0 Å². The van der Waals surface area contributed by atoms with Crippen LogP contribution in [0.3, 0.4) is 0 Å². The fourth-order valence-electron chi connectivity index (χ4n) is 1.65. The van der Waals surface area contributed by atoms with E-state index in [1.807, 2.05) is 6.07 Å². The van der Waals surface area contributed by atoms with Crippen LogP contribution in [-0.4, -0.2) is 7.11 Å². The van der Waals surface area contributed by atoms with Crippen molar-refractivity contribution in [3.8, 4) is 11.8 Å². The van der Waals surface area contributed by atoms with E-state index in [0.717, 1.165) is 0 Å². The molecule has 0 amide bonds. The molecule has 2 aromatic rings.